The number of hydrogen-bond donors (Lipinski definition) is 8. The number of carboxylic acids is 2. The Balaban J connectivity index is 3.41. The van der Waals surface area contributed by atoms with Crippen molar-refractivity contribution < 1.29 is 58.2 Å². The van der Waals surface area contributed by atoms with E-state index in [1.54, 1.807) is 41.5 Å². The first-order valence-electron chi connectivity index (χ1n) is 20.2. The van der Waals surface area contributed by atoms with Crippen LogP contribution in [0.2, 0.25) is 0 Å². The molecular formula is C40H64N6O12. The summed E-state index contributed by atoms with van der Waals surface area (Å²) in [5.41, 5.74) is 0. The van der Waals surface area contributed by atoms with Crippen LogP contribution in [-0.4, -0.2) is 105 Å². The van der Waals surface area contributed by atoms with Crippen LogP contribution in [0.25, 0.3) is 0 Å². The van der Waals surface area contributed by atoms with Crippen LogP contribution in [0.1, 0.15) is 126 Å². The number of amides is 6. The number of nitrogens with one attached hydrogen (secondary N) is 6. The number of carbonyl (C=O) groups excluding carboxylic acids is 8. The number of carbonyl (C=O) groups is 10. The molecule has 326 valence electrons. The summed E-state index contributed by atoms with van der Waals surface area (Å²) < 4.78 is 0. The molecule has 0 radical (unpaired) electrons. The van der Waals surface area contributed by atoms with Gasteiger partial charge in [-0.1, -0.05) is 79.2 Å². The first-order valence-corrected chi connectivity index (χ1v) is 20.2. The molecule has 0 aromatic carbocycles. The standard InChI is InChI=1S/C40H64N6O12/c1-8-14-31(48)35(53)26(10-3)42-37(55)29(20-25-15-12-11-13-16-25)45-40(58)34(23(6)9-2)46-39(57)28(19-22(4)5)44-36(54)27(17-18-32(49)50)43-38(56)30(21-33(51)52)41-24(7)47/h8,14,22-23,25-30,34H,9-13,15-21H2,1-7H3,(H,41,47)(H,42,55)(H,43,56)(H,44,54)(H,45,58)(H,46,57)(H,49,50)(H,51,52)/b14-8+/t23-,26+,27-,28+,29+,30+,34+/m1/s1. The number of rotatable bonds is 26. The van der Waals surface area contributed by atoms with Crippen LogP contribution in [0, 0.1) is 17.8 Å². The maximum Gasteiger partial charge on any atom is 0.305 e. The minimum Gasteiger partial charge on any atom is -0.481 e. The summed E-state index contributed by atoms with van der Waals surface area (Å²) >= 11 is 0. The van der Waals surface area contributed by atoms with E-state index in [4.69, 9.17) is 0 Å². The summed E-state index contributed by atoms with van der Waals surface area (Å²) in [7, 11) is 0. The van der Waals surface area contributed by atoms with E-state index < -0.39 is 120 Å². The summed E-state index contributed by atoms with van der Waals surface area (Å²) in [6, 6.07) is -7.88. The molecule has 18 nitrogen and oxygen atoms in total. The molecule has 0 bridgehead atoms. The lowest BCUT2D eigenvalue weighted by molar-refractivity contribution is -0.141. The van der Waals surface area contributed by atoms with Gasteiger partial charge in [-0.2, -0.15) is 0 Å². The second-order valence-electron chi connectivity index (χ2n) is 15.4. The zero-order valence-corrected chi connectivity index (χ0v) is 34.8. The summed E-state index contributed by atoms with van der Waals surface area (Å²) in [5, 5.41) is 33.7. The van der Waals surface area contributed by atoms with Crippen LogP contribution in [0.15, 0.2) is 12.2 Å². The molecule has 1 aliphatic rings. The summed E-state index contributed by atoms with van der Waals surface area (Å²) in [5.74, 6) is -9.74. The number of allylic oxidation sites excluding steroid dienone is 2. The van der Waals surface area contributed by atoms with Crippen molar-refractivity contribution in [2.75, 3.05) is 0 Å². The van der Waals surface area contributed by atoms with Gasteiger partial charge < -0.3 is 42.1 Å². The number of carboxylic acid groups (broad SMARTS) is 2. The topological polar surface area (TPSA) is 283 Å². The lowest BCUT2D eigenvalue weighted by Gasteiger charge is -2.31. The first kappa shape index (κ1) is 50.9. The van der Waals surface area contributed by atoms with Gasteiger partial charge in [0.1, 0.15) is 30.2 Å². The van der Waals surface area contributed by atoms with Gasteiger partial charge in [0, 0.05) is 13.3 Å². The van der Waals surface area contributed by atoms with Gasteiger partial charge in [-0.15, -0.1) is 0 Å². The van der Waals surface area contributed by atoms with E-state index >= 15 is 0 Å². The number of aliphatic carboxylic acids is 2. The van der Waals surface area contributed by atoms with E-state index in [0.29, 0.717) is 6.42 Å². The summed E-state index contributed by atoms with van der Waals surface area (Å²) in [6.45, 7) is 11.3. The second-order valence-corrected chi connectivity index (χ2v) is 15.4. The number of Topliss-reactive ketones (excluding diaryl/α,β-unsaturated/α-hetero) is 1. The molecule has 58 heavy (non-hydrogen) atoms. The van der Waals surface area contributed by atoms with E-state index in [0.717, 1.165) is 45.1 Å². The van der Waals surface area contributed by atoms with Crippen molar-refractivity contribution in [1.29, 1.82) is 0 Å². The van der Waals surface area contributed by atoms with Crippen molar-refractivity contribution in [2.45, 2.75) is 162 Å². The SMILES string of the molecule is C/C=C/C(=O)C(=O)[C@H](CC)NC(=O)[C@H](CC1CCCCC1)NC(=O)[C@@H](NC(=O)[C@H](CC(C)C)NC(=O)[C@@H](CCC(=O)O)NC(=O)[C@H](CC(=O)O)NC(C)=O)[C@H](C)CC. The monoisotopic (exact) mass is 820 g/mol. The van der Waals surface area contributed by atoms with Crippen LogP contribution in [0.3, 0.4) is 0 Å². The highest BCUT2D eigenvalue weighted by atomic mass is 16.4. The van der Waals surface area contributed by atoms with Gasteiger partial charge in [-0.25, -0.2) is 0 Å². The molecule has 1 fully saturated rings. The average molecular weight is 821 g/mol. The normalized spacial score (nSPS) is 16.7. The fourth-order valence-corrected chi connectivity index (χ4v) is 6.65. The quantitative estimate of drug-likeness (QED) is 0.0455. The van der Waals surface area contributed by atoms with Crippen LogP contribution >= 0.6 is 0 Å². The molecule has 0 spiro atoms. The van der Waals surface area contributed by atoms with Gasteiger partial charge in [0.25, 0.3) is 0 Å². The number of ketones is 2. The zero-order valence-electron chi connectivity index (χ0n) is 34.8. The second kappa shape index (κ2) is 26.0. The Labute approximate surface area is 340 Å². The summed E-state index contributed by atoms with van der Waals surface area (Å²) in [6.07, 6.45) is 6.14. The van der Waals surface area contributed by atoms with Gasteiger partial charge in [-0.3, -0.25) is 47.9 Å². The van der Waals surface area contributed by atoms with Crippen molar-refractivity contribution in [3.8, 4) is 0 Å². The van der Waals surface area contributed by atoms with Crippen molar-refractivity contribution in [2.24, 2.45) is 17.8 Å². The highest BCUT2D eigenvalue weighted by Gasteiger charge is 2.36. The van der Waals surface area contributed by atoms with Crippen molar-refractivity contribution in [3.63, 3.8) is 0 Å². The molecule has 8 N–H and O–H groups in total. The van der Waals surface area contributed by atoms with E-state index in [9.17, 15) is 58.2 Å². The minimum absolute atomic E-state index is 0.0463. The Morgan fingerprint density at radius 1 is 0.638 bits per heavy atom. The predicted molar refractivity (Wildman–Crippen MR) is 212 cm³/mol. The molecule has 0 aromatic rings. The molecule has 18 heteroatoms. The van der Waals surface area contributed by atoms with E-state index in [2.05, 4.69) is 31.9 Å². The Morgan fingerprint density at radius 2 is 1.17 bits per heavy atom. The van der Waals surface area contributed by atoms with Gasteiger partial charge in [0.05, 0.1) is 12.5 Å². The smallest absolute Gasteiger partial charge is 0.305 e. The minimum atomic E-state index is -1.59. The molecular weight excluding hydrogens is 756 g/mol. The number of hydrogen-bond acceptors (Lipinski definition) is 10. The van der Waals surface area contributed by atoms with Crippen LogP contribution in [0.4, 0.5) is 0 Å². The maximum absolute atomic E-state index is 14.1. The molecule has 0 heterocycles. The van der Waals surface area contributed by atoms with Crippen molar-refractivity contribution in [1.82, 2.24) is 31.9 Å². The van der Waals surface area contributed by atoms with Gasteiger partial charge in [-0.05, 0) is 56.4 Å². The average Bonchev–Trinajstić information content (AvgIpc) is 3.15. The van der Waals surface area contributed by atoms with Crippen LogP contribution in [0.5, 0.6) is 0 Å². The first-order chi connectivity index (χ1) is 27.2. The lowest BCUT2D eigenvalue weighted by Crippen LogP contribution is -2.61. The predicted octanol–water partition coefficient (Wildman–Crippen LogP) is 1.44. The van der Waals surface area contributed by atoms with Gasteiger partial charge >= 0.3 is 11.9 Å². The Hall–Kier alpha value is -5.16. The van der Waals surface area contributed by atoms with Crippen molar-refractivity contribution >= 4 is 58.9 Å². The molecule has 1 rings (SSSR count). The highest BCUT2D eigenvalue weighted by Crippen LogP contribution is 2.27. The Bertz CT molecular complexity index is 1490. The highest BCUT2D eigenvalue weighted by molar-refractivity contribution is 6.43. The molecule has 0 saturated heterocycles. The van der Waals surface area contributed by atoms with Gasteiger partial charge in [0.15, 0.2) is 0 Å². The maximum atomic E-state index is 14.1. The summed E-state index contributed by atoms with van der Waals surface area (Å²) in [4.78, 5) is 128. The third-order valence-electron chi connectivity index (χ3n) is 10.0. The molecule has 7 atom stereocenters. The van der Waals surface area contributed by atoms with E-state index in [1.165, 1.54) is 6.08 Å². The Kier molecular flexibility index (Phi) is 22.8. The zero-order chi connectivity index (χ0) is 44.1. The third kappa shape index (κ3) is 18.4. The van der Waals surface area contributed by atoms with Gasteiger partial charge in [0.2, 0.25) is 47.0 Å². The lowest BCUT2D eigenvalue weighted by atomic mass is 9.84. The Morgan fingerprint density at radius 3 is 1.69 bits per heavy atom. The molecule has 0 aliphatic heterocycles. The van der Waals surface area contributed by atoms with Crippen LogP contribution in [-0.2, 0) is 47.9 Å². The molecule has 0 aromatic heterocycles. The fraction of sp³-hybridized carbons (Fsp3) is 0.700. The fourth-order valence-electron chi connectivity index (χ4n) is 6.65. The third-order valence-corrected chi connectivity index (χ3v) is 10.0. The van der Waals surface area contributed by atoms with Crippen molar-refractivity contribution in [3.05, 3.63) is 12.2 Å². The van der Waals surface area contributed by atoms with E-state index in [-0.39, 0.29) is 31.1 Å². The largest absolute Gasteiger partial charge is 0.481 e. The molecule has 1 saturated carbocycles. The van der Waals surface area contributed by atoms with Crippen LogP contribution < -0.4 is 31.9 Å². The van der Waals surface area contributed by atoms with E-state index in [1.807, 2.05) is 0 Å². The molecule has 0 unspecified atom stereocenters. The molecule has 1 aliphatic carbocycles. The molecule has 6 amide bonds.